The fraction of sp³-hybridized carbons (Fsp3) is 0.611. The Hall–Kier alpha value is -1.93. The summed E-state index contributed by atoms with van der Waals surface area (Å²) in [5.41, 5.74) is 1.04. The number of carboxylic acid groups (broad SMARTS) is 1. The third-order valence-electron chi connectivity index (χ3n) is 5.26. The van der Waals surface area contributed by atoms with Gasteiger partial charge in [0, 0.05) is 55.1 Å². The molecular weight excluding hydrogens is 350 g/mol. The molecule has 2 aliphatic heterocycles. The zero-order valence-electron chi connectivity index (χ0n) is 14.9. The molecule has 0 bridgehead atoms. The molecule has 26 heavy (non-hydrogen) atoms. The first-order valence-electron chi connectivity index (χ1n) is 9.34. The second-order valence-corrected chi connectivity index (χ2v) is 8.28. The quantitative estimate of drug-likeness (QED) is 0.836. The molecule has 140 valence electrons. The zero-order chi connectivity index (χ0) is 17.9. The van der Waals surface area contributed by atoms with E-state index < -0.39 is 5.97 Å². The molecule has 4 heterocycles. The third kappa shape index (κ3) is 3.91. The Morgan fingerprint density at radius 1 is 1.27 bits per heavy atom. The lowest BCUT2D eigenvalue weighted by molar-refractivity contribution is -0.137. The van der Waals surface area contributed by atoms with Crippen LogP contribution >= 0.6 is 11.3 Å². The number of carboxylic acids is 1. The molecule has 8 heteroatoms. The molecule has 2 saturated heterocycles. The molecule has 1 N–H and O–H groups in total. The molecule has 2 aromatic heterocycles. The Morgan fingerprint density at radius 3 is 2.92 bits per heavy atom. The highest BCUT2D eigenvalue weighted by Gasteiger charge is 2.25. The SMILES string of the molecule is O=C(O)Cn1nccc1C1CCCN(Cc2cnc(N3CCCC3)s2)C1. The van der Waals surface area contributed by atoms with Gasteiger partial charge in [-0.3, -0.25) is 14.4 Å². The van der Waals surface area contributed by atoms with Gasteiger partial charge in [0.25, 0.3) is 0 Å². The van der Waals surface area contributed by atoms with E-state index in [2.05, 4.69) is 19.9 Å². The van der Waals surface area contributed by atoms with Crippen LogP contribution in [0.4, 0.5) is 5.13 Å². The minimum Gasteiger partial charge on any atom is -0.480 e. The molecule has 7 nitrogen and oxygen atoms in total. The van der Waals surface area contributed by atoms with E-state index in [-0.39, 0.29) is 6.54 Å². The summed E-state index contributed by atoms with van der Waals surface area (Å²) in [6.07, 6.45) is 8.49. The minimum atomic E-state index is -0.846. The summed E-state index contributed by atoms with van der Waals surface area (Å²) in [5, 5.41) is 14.4. The van der Waals surface area contributed by atoms with Gasteiger partial charge in [-0.2, -0.15) is 5.10 Å². The number of aromatic nitrogens is 3. The summed E-state index contributed by atoms with van der Waals surface area (Å²) in [6.45, 7) is 5.16. The number of likely N-dealkylation sites (tertiary alicyclic amines) is 1. The molecule has 0 saturated carbocycles. The third-order valence-corrected chi connectivity index (χ3v) is 6.30. The molecular formula is C18H25N5O2S. The number of hydrogen-bond donors (Lipinski definition) is 1. The van der Waals surface area contributed by atoms with Crippen molar-refractivity contribution in [3.63, 3.8) is 0 Å². The molecule has 2 aliphatic rings. The molecule has 2 fully saturated rings. The Kier molecular flexibility index (Phi) is 5.21. The minimum absolute atomic E-state index is 0.0626. The summed E-state index contributed by atoms with van der Waals surface area (Å²) in [7, 11) is 0. The monoisotopic (exact) mass is 375 g/mol. The van der Waals surface area contributed by atoms with Crippen molar-refractivity contribution in [1.82, 2.24) is 19.7 Å². The van der Waals surface area contributed by atoms with Crippen LogP contribution in [0.15, 0.2) is 18.5 Å². The molecule has 1 unspecified atom stereocenters. The van der Waals surface area contributed by atoms with Crippen LogP contribution in [-0.4, -0.2) is 56.9 Å². The molecule has 0 aliphatic carbocycles. The maximum atomic E-state index is 11.0. The lowest BCUT2D eigenvalue weighted by Crippen LogP contribution is -2.34. The molecule has 0 spiro atoms. The zero-order valence-corrected chi connectivity index (χ0v) is 15.7. The number of piperidine rings is 1. The predicted octanol–water partition coefficient (Wildman–Crippen LogP) is 2.40. The van der Waals surface area contributed by atoms with Crippen LogP contribution in [-0.2, 0) is 17.9 Å². The fourth-order valence-corrected chi connectivity index (χ4v) is 5.04. The summed E-state index contributed by atoms with van der Waals surface area (Å²) < 4.78 is 1.63. The van der Waals surface area contributed by atoms with Crippen LogP contribution in [0, 0.1) is 0 Å². The van der Waals surface area contributed by atoms with Crippen LogP contribution in [0.5, 0.6) is 0 Å². The molecule has 4 rings (SSSR count). The van der Waals surface area contributed by atoms with Gasteiger partial charge in [0.05, 0.1) is 0 Å². The Bertz CT molecular complexity index is 752. The second kappa shape index (κ2) is 7.75. The first-order valence-corrected chi connectivity index (χ1v) is 10.2. The molecule has 2 aromatic rings. The summed E-state index contributed by atoms with van der Waals surface area (Å²) in [6, 6.07) is 1.97. The first kappa shape index (κ1) is 17.5. The highest BCUT2D eigenvalue weighted by Crippen LogP contribution is 2.30. The highest BCUT2D eigenvalue weighted by molar-refractivity contribution is 7.15. The summed E-state index contributed by atoms with van der Waals surface area (Å²) >= 11 is 1.81. The van der Waals surface area contributed by atoms with E-state index in [0.29, 0.717) is 5.92 Å². The number of thiazole rings is 1. The average molecular weight is 375 g/mol. The first-order chi connectivity index (χ1) is 12.7. The van der Waals surface area contributed by atoms with Crippen LogP contribution in [0.2, 0.25) is 0 Å². The van der Waals surface area contributed by atoms with Crippen LogP contribution in [0.25, 0.3) is 0 Å². The van der Waals surface area contributed by atoms with Gasteiger partial charge >= 0.3 is 5.97 Å². The van der Waals surface area contributed by atoms with Crippen molar-refractivity contribution >= 4 is 22.4 Å². The number of anilines is 1. The van der Waals surface area contributed by atoms with Crippen LogP contribution < -0.4 is 4.90 Å². The van der Waals surface area contributed by atoms with Gasteiger partial charge in [-0.1, -0.05) is 0 Å². The summed E-state index contributed by atoms with van der Waals surface area (Å²) in [5.74, 6) is -0.502. The van der Waals surface area contributed by atoms with E-state index in [0.717, 1.165) is 56.4 Å². The van der Waals surface area contributed by atoms with Crippen LogP contribution in [0.3, 0.4) is 0 Å². The topological polar surface area (TPSA) is 74.5 Å². The Morgan fingerprint density at radius 2 is 2.12 bits per heavy atom. The Balaban J connectivity index is 1.39. The van der Waals surface area contributed by atoms with E-state index >= 15 is 0 Å². The van der Waals surface area contributed by atoms with E-state index in [9.17, 15) is 4.79 Å². The van der Waals surface area contributed by atoms with Gasteiger partial charge in [-0.15, -0.1) is 11.3 Å². The molecule has 0 radical (unpaired) electrons. The number of hydrogen-bond acceptors (Lipinski definition) is 6. The van der Waals surface area contributed by atoms with Crippen LogP contribution in [0.1, 0.15) is 42.2 Å². The maximum absolute atomic E-state index is 11.0. The van der Waals surface area contributed by atoms with Gasteiger partial charge in [0.15, 0.2) is 5.13 Å². The number of aliphatic carboxylic acids is 1. The Labute approximate surface area is 157 Å². The van der Waals surface area contributed by atoms with Crippen molar-refractivity contribution in [2.75, 3.05) is 31.1 Å². The maximum Gasteiger partial charge on any atom is 0.325 e. The van der Waals surface area contributed by atoms with Gasteiger partial charge in [0.2, 0.25) is 0 Å². The number of carbonyl (C=O) groups is 1. The van der Waals surface area contributed by atoms with Crippen molar-refractivity contribution in [2.45, 2.75) is 44.7 Å². The lowest BCUT2D eigenvalue weighted by Gasteiger charge is -2.32. The normalized spacial score (nSPS) is 21.4. The van der Waals surface area contributed by atoms with E-state index in [4.69, 9.17) is 5.11 Å². The molecule has 1 atom stereocenters. The fourth-order valence-electron chi connectivity index (χ4n) is 4.04. The lowest BCUT2D eigenvalue weighted by atomic mass is 9.94. The summed E-state index contributed by atoms with van der Waals surface area (Å²) in [4.78, 5) is 21.8. The smallest absolute Gasteiger partial charge is 0.325 e. The molecule has 0 amide bonds. The number of rotatable bonds is 6. The van der Waals surface area contributed by atoms with Crippen molar-refractivity contribution in [2.24, 2.45) is 0 Å². The standard InChI is InChI=1S/C18H25N5O2S/c24-17(25)13-23-16(5-6-20-23)14-4-3-7-21(11-14)12-15-10-19-18(26-15)22-8-1-2-9-22/h5-6,10,14H,1-4,7-9,11-13H2,(H,24,25). The molecule has 0 aromatic carbocycles. The largest absolute Gasteiger partial charge is 0.480 e. The van der Waals surface area contributed by atoms with E-state index in [1.54, 1.807) is 10.9 Å². The predicted molar refractivity (Wildman–Crippen MR) is 101 cm³/mol. The number of nitrogens with zero attached hydrogens (tertiary/aromatic N) is 5. The van der Waals surface area contributed by atoms with Gasteiger partial charge < -0.3 is 10.0 Å². The van der Waals surface area contributed by atoms with E-state index in [1.807, 2.05) is 23.6 Å². The second-order valence-electron chi connectivity index (χ2n) is 7.19. The van der Waals surface area contributed by atoms with Crippen molar-refractivity contribution in [3.05, 3.63) is 29.0 Å². The average Bonchev–Trinajstić information content (AvgIpc) is 3.36. The highest BCUT2D eigenvalue weighted by atomic mass is 32.1. The van der Waals surface area contributed by atoms with Crippen molar-refractivity contribution in [3.8, 4) is 0 Å². The van der Waals surface area contributed by atoms with Gasteiger partial charge in [-0.05, 0) is 38.3 Å². The van der Waals surface area contributed by atoms with Crippen molar-refractivity contribution in [1.29, 1.82) is 0 Å². The van der Waals surface area contributed by atoms with Gasteiger partial charge in [0.1, 0.15) is 6.54 Å². The van der Waals surface area contributed by atoms with E-state index in [1.165, 1.54) is 17.7 Å². The van der Waals surface area contributed by atoms with Gasteiger partial charge in [-0.25, -0.2) is 4.98 Å². The van der Waals surface area contributed by atoms with Crippen molar-refractivity contribution < 1.29 is 9.90 Å².